The minimum atomic E-state index is -0.00490. The molecule has 0 aromatic heterocycles. The SMILES string of the molecule is CN=C(NCc1cccc(NC(=O)N2CCCC2)c1)N1CCN(c2ccccc2)CC1. The van der Waals surface area contributed by atoms with Crippen LogP contribution in [0, 0.1) is 0 Å². The summed E-state index contributed by atoms with van der Waals surface area (Å²) in [5.41, 5.74) is 3.23. The Labute approximate surface area is 184 Å². The van der Waals surface area contributed by atoms with Crippen molar-refractivity contribution < 1.29 is 4.79 Å². The number of likely N-dealkylation sites (tertiary alicyclic amines) is 1. The average Bonchev–Trinajstić information content (AvgIpc) is 3.36. The molecule has 2 heterocycles. The Kier molecular flexibility index (Phi) is 6.92. The highest BCUT2D eigenvalue weighted by molar-refractivity contribution is 5.89. The predicted molar refractivity (Wildman–Crippen MR) is 127 cm³/mol. The number of para-hydroxylation sites is 1. The van der Waals surface area contributed by atoms with Gasteiger partial charge in [-0.1, -0.05) is 30.3 Å². The van der Waals surface area contributed by atoms with Crippen LogP contribution in [0.4, 0.5) is 16.2 Å². The number of urea groups is 1. The molecule has 0 unspecified atom stereocenters. The van der Waals surface area contributed by atoms with E-state index in [0.29, 0.717) is 6.54 Å². The molecule has 7 nitrogen and oxygen atoms in total. The molecule has 7 heteroatoms. The van der Waals surface area contributed by atoms with E-state index in [4.69, 9.17) is 0 Å². The molecule has 0 aliphatic carbocycles. The first kappa shape index (κ1) is 21.0. The average molecular weight is 421 g/mol. The van der Waals surface area contributed by atoms with Crippen LogP contribution in [-0.2, 0) is 6.54 Å². The predicted octanol–water partition coefficient (Wildman–Crippen LogP) is 3.21. The Morgan fingerprint density at radius 1 is 0.903 bits per heavy atom. The number of guanidine groups is 1. The molecule has 2 N–H and O–H groups in total. The van der Waals surface area contributed by atoms with E-state index in [0.717, 1.165) is 69.3 Å². The van der Waals surface area contributed by atoms with Gasteiger partial charge in [-0.2, -0.15) is 0 Å². The van der Waals surface area contributed by atoms with Crippen molar-refractivity contribution in [3.8, 4) is 0 Å². The summed E-state index contributed by atoms with van der Waals surface area (Å²) in [5.74, 6) is 0.916. The Balaban J connectivity index is 1.28. The van der Waals surface area contributed by atoms with Crippen LogP contribution >= 0.6 is 0 Å². The van der Waals surface area contributed by atoms with Gasteiger partial charge in [0.1, 0.15) is 0 Å². The number of nitrogens with zero attached hydrogens (tertiary/aromatic N) is 4. The van der Waals surface area contributed by atoms with Gasteiger partial charge in [0.2, 0.25) is 0 Å². The summed E-state index contributed by atoms with van der Waals surface area (Å²) in [6.45, 7) is 6.17. The first-order valence-electron chi connectivity index (χ1n) is 11.1. The molecule has 2 saturated heterocycles. The van der Waals surface area contributed by atoms with Crippen LogP contribution in [-0.4, -0.2) is 68.1 Å². The number of benzene rings is 2. The van der Waals surface area contributed by atoms with E-state index in [1.54, 1.807) is 0 Å². The molecule has 0 spiro atoms. The first-order valence-corrected chi connectivity index (χ1v) is 11.1. The van der Waals surface area contributed by atoms with E-state index in [9.17, 15) is 4.79 Å². The third-order valence-electron chi connectivity index (χ3n) is 5.93. The zero-order valence-corrected chi connectivity index (χ0v) is 18.3. The van der Waals surface area contributed by atoms with E-state index >= 15 is 0 Å². The normalized spacial score (nSPS) is 17.1. The topological polar surface area (TPSA) is 63.2 Å². The number of hydrogen-bond acceptors (Lipinski definition) is 3. The summed E-state index contributed by atoms with van der Waals surface area (Å²) < 4.78 is 0. The highest BCUT2D eigenvalue weighted by atomic mass is 16.2. The Morgan fingerprint density at radius 3 is 2.35 bits per heavy atom. The third kappa shape index (κ3) is 5.48. The maximum atomic E-state index is 12.3. The second-order valence-electron chi connectivity index (χ2n) is 8.04. The molecule has 2 aromatic carbocycles. The monoisotopic (exact) mass is 420 g/mol. The van der Waals surface area contributed by atoms with Crippen molar-refractivity contribution in [1.29, 1.82) is 0 Å². The van der Waals surface area contributed by atoms with Crippen LogP contribution in [0.25, 0.3) is 0 Å². The lowest BCUT2D eigenvalue weighted by Crippen LogP contribution is -2.52. The van der Waals surface area contributed by atoms with E-state index in [1.165, 1.54) is 5.69 Å². The first-order chi connectivity index (χ1) is 15.2. The molecule has 31 heavy (non-hydrogen) atoms. The number of rotatable bonds is 4. The van der Waals surface area contributed by atoms with E-state index < -0.39 is 0 Å². The summed E-state index contributed by atoms with van der Waals surface area (Å²) >= 11 is 0. The number of amides is 2. The molecule has 2 aliphatic heterocycles. The Morgan fingerprint density at radius 2 is 1.65 bits per heavy atom. The van der Waals surface area contributed by atoms with Crippen molar-refractivity contribution in [3.05, 3.63) is 60.2 Å². The van der Waals surface area contributed by atoms with Gasteiger partial charge in [-0.3, -0.25) is 4.99 Å². The van der Waals surface area contributed by atoms with Gasteiger partial charge in [0.15, 0.2) is 5.96 Å². The van der Waals surface area contributed by atoms with E-state index in [2.05, 4.69) is 61.8 Å². The Bertz CT molecular complexity index is 886. The molecule has 0 saturated carbocycles. The summed E-state index contributed by atoms with van der Waals surface area (Å²) in [4.78, 5) is 23.4. The number of anilines is 2. The van der Waals surface area contributed by atoms with Crippen LogP contribution in [0.3, 0.4) is 0 Å². The summed E-state index contributed by atoms with van der Waals surface area (Å²) in [7, 11) is 1.83. The molecule has 2 aliphatic rings. The number of aliphatic imine (C=N–C) groups is 1. The van der Waals surface area contributed by atoms with Gasteiger partial charge in [-0.05, 0) is 42.7 Å². The van der Waals surface area contributed by atoms with E-state index in [-0.39, 0.29) is 6.03 Å². The second kappa shape index (κ2) is 10.2. The third-order valence-corrected chi connectivity index (χ3v) is 5.93. The van der Waals surface area contributed by atoms with Crippen LogP contribution in [0.1, 0.15) is 18.4 Å². The van der Waals surface area contributed by atoms with Crippen molar-refractivity contribution in [2.45, 2.75) is 19.4 Å². The van der Waals surface area contributed by atoms with Crippen molar-refractivity contribution in [1.82, 2.24) is 15.1 Å². The maximum Gasteiger partial charge on any atom is 0.321 e. The molecule has 0 bridgehead atoms. The molecule has 2 aromatic rings. The fourth-order valence-corrected chi connectivity index (χ4v) is 4.21. The molecule has 0 atom stereocenters. The molecule has 2 fully saturated rings. The lowest BCUT2D eigenvalue weighted by molar-refractivity contribution is 0.222. The van der Waals surface area contributed by atoms with Gasteiger partial charge < -0.3 is 25.3 Å². The van der Waals surface area contributed by atoms with Gasteiger partial charge in [-0.25, -0.2) is 4.79 Å². The molecular formula is C24H32N6O. The van der Waals surface area contributed by atoms with Crippen molar-refractivity contribution in [3.63, 3.8) is 0 Å². The van der Waals surface area contributed by atoms with Crippen LogP contribution in [0.15, 0.2) is 59.6 Å². The van der Waals surface area contributed by atoms with Crippen LogP contribution in [0.2, 0.25) is 0 Å². The standard InChI is InChI=1S/C24H32N6O/c1-25-23(29-16-14-28(15-17-29)22-10-3-2-4-11-22)26-19-20-8-7-9-21(18-20)27-24(31)30-12-5-6-13-30/h2-4,7-11,18H,5-6,12-17,19H2,1H3,(H,25,26)(H,27,31). The minimum absolute atomic E-state index is 0.00490. The summed E-state index contributed by atoms with van der Waals surface area (Å²) in [6.07, 6.45) is 2.19. The lowest BCUT2D eigenvalue weighted by atomic mass is 10.2. The zero-order chi connectivity index (χ0) is 21.5. The maximum absolute atomic E-state index is 12.3. The van der Waals surface area contributed by atoms with Gasteiger partial charge >= 0.3 is 6.03 Å². The Hall–Kier alpha value is -3.22. The van der Waals surface area contributed by atoms with Crippen molar-refractivity contribution in [2.75, 3.05) is 56.5 Å². The summed E-state index contributed by atoms with van der Waals surface area (Å²) in [6, 6.07) is 18.6. The smallest absolute Gasteiger partial charge is 0.321 e. The number of piperazine rings is 1. The highest BCUT2D eigenvalue weighted by Crippen LogP contribution is 2.16. The minimum Gasteiger partial charge on any atom is -0.368 e. The quantitative estimate of drug-likeness (QED) is 0.589. The summed E-state index contributed by atoms with van der Waals surface area (Å²) in [5, 5.41) is 6.50. The van der Waals surface area contributed by atoms with E-state index in [1.807, 2.05) is 30.1 Å². The van der Waals surface area contributed by atoms with Gasteiger partial charge in [0, 0.05) is 64.2 Å². The van der Waals surface area contributed by atoms with Gasteiger partial charge in [0.05, 0.1) is 0 Å². The molecular weight excluding hydrogens is 388 g/mol. The van der Waals surface area contributed by atoms with Crippen molar-refractivity contribution >= 4 is 23.4 Å². The van der Waals surface area contributed by atoms with Crippen LogP contribution < -0.4 is 15.5 Å². The second-order valence-corrected chi connectivity index (χ2v) is 8.04. The molecule has 164 valence electrons. The largest absolute Gasteiger partial charge is 0.368 e. The molecule has 0 radical (unpaired) electrons. The number of nitrogens with one attached hydrogen (secondary N) is 2. The number of carbonyl (C=O) groups excluding carboxylic acids is 1. The van der Waals surface area contributed by atoms with Gasteiger partial charge in [0.25, 0.3) is 0 Å². The highest BCUT2D eigenvalue weighted by Gasteiger charge is 2.20. The number of hydrogen-bond donors (Lipinski definition) is 2. The molecule has 2 amide bonds. The van der Waals surface area contributed by atoms with Crippen LogP contribution in [0.5, 0.6) is 0 Å². The van der Waals surface area contributed by atoms with Gasteiger partial charge in [-0.15, -0.1) is 0 Å². The lowest BCUT2D eigenvalue weighted by Gasteiger charge is -2.37. The number of carbonyl (C=O) groups is 1. The van der Waals surface area contributed by atoms with Crippen molar-refractivity contribution in [2.24, 2.45) is 4.99 Å². The fourth-order valence-electron chi connectivity index (χ4n) is 4.21. The molecule has 4 rings (SSSR count). The zero-order valence-electron chi connectivity index (χ0n) is 18.3. The fraction of sp³-hybridized carbons (Fsp3) is 0.417.